The number of nitrogens with one attached hydrogen (secondary N) is 1. The second-order valence-corrected chi connectivity index (χ2v) is 7.22. The summed E-state index contributed by atoms with van der Waals surface area (Å²) in [7, 11) is 0. The Morgan fingerprint density at radius 1 is 1.11 bits per heavy atom. The van der Waals surface area contributed by atoms with Crippen LogP contribution in [0.5, 0.6) is 0 Å². The van der Waals surface area contributed by atoms with Gasteiger partial charge in [-0.2, -0.15) is 0 Å². The van der Waals surface area contributed by atoms with Gasteiger partial charge in [0.15, 0.2) is 5.92 Å². The molecule has 7 nitrogen and oxygen atoms in total. The van der Waals surface area contributed by atoms with Crippen molar-refractivity contribution in [2.45, 2.75) is 39.0 Å². The Bertz CT molecular complexity index is 741. The van der Waals surface area contributed by atoms with Crippen molar-refractivity contribution in [3.63, 3.8) is 0 Å². The third-order valence-corrected chi connectivity index (χ3v) is 5.27. The fourth-order valence-corrected chi connectivity index (χ4v) is 3.80. The summed E-state index contributed by atoms with van der Waals surface area (Å²) in [5.74, 6) is -2.16. The standard InChI is InChI=1S/C21H28N4O3/c1-2-17(22-12-9-15-24-13-7-4-8-14-24)18-19(26)23-21(28)25(20(18)27)16-10-5-3-6-11-16/h3,5-6,10-11,18H,2,4,7-9,12-15H2,1H3,(H,23,26,28). The van der Waals surface area contributed by atoms with Crippen molar-refractivity contribution in [1.29, 1.82) is 0 Å². The van der Waals surface area contributed by atoms with Crippen LogP contribution >= 0.6 is 0 Å². The van der Waals surface area contributed by atoms with Gasteiger partial charge >= 0.3 is 6.03 Å². The number of hydrogen-bond donors (Lipinski definition) is 1. The molecule has 0 saturated carbocycles. The Hall–Kier alpha value is -2.54. The maximum Gasteiger partial charge on any atom is 0.335 e. The van der Waals surface area contributed by atoms with Crippen LogP contribution in [0.25, 0.3) is 0 Å². The number of nitrogens with zero attached hydrogens (tertiary/aromatic N) is 3. The topological polar surface area (TPSA) is 82.1 Å². The molecule has 2 fully saturated rings. The molecule has 1 unspecified atom stereocenters. The molecule has 4 amide bonds. The summed E-state index contributed by atoms with van der Waals surface area (Å²) in [6.45, 7) is 5.73. The normalized spacial score (nSPS) is 21.8. The zero-order valence-electron chi connectivity index (χ0n) is 16.4. The maximum atomic E-state index is 13.0. The number of rotatable bonds is 7. The SMILES string of the molecule is CCC(=NCCCN1CCCCC1)C1C(=O)NC(=O)N(c2ccccc2)C1=O. The fraction of sp³-hybridized carbons (Fsp3) is 0.524. The van der Waals surface area contributed by atoms with Crippen LogP contribution in [0.4, 0.5) is 10.5 Å². The molecular formula is C21H28N4O3. The molecule has 150 valence electrons. The lowest BCUT2D eigenvalue weighted by atomic mass is 9.96. The molecule has 28 heavy (non-hydrogen) atoms. The average molecular weight is 384 g/mol. The Morgan fingerprint density at radius 2 is 1.82 bits per heavy atom. The first-order chi connectivity index (χ1) is 13.6. The summed E-state index contributed by atoms with van der Waals surface area (Å²) in [5, 5.41) is 2.30. The quantitative estimate of drug-likeness (QED) is 0.445. The number of urea groups is 1. The van der Waals surface area contributed by atoms with Crippen molar-refractivity contribution in [3.8, 4) is 0 Å². The molecule has 2 heterocycles. The fourth-order valence-electron chi connectivity index (χ4n) is 3.80. The van der Waals surface area contributed by atoms with Crippen molar-refractivity contribution >= 4 is 29.2 Å². The molecule has 0 spiro atoms. The number of aliphatic imine (C=N–C) groups is 1. The molecule has 0 radical (unpaired) electrons. The van der Waals surface area contributed by atoms with Crippen LogP contribution in [0.1, 0.15) is 39.0 Å². The molecule has 0 bridgehead atoms. The van der Waals surface area contributed by atoms with E-state index in [1.165, 1.54) is 19.3 Å². The third-order valence-electron chi connectivity index (χ3n) is 5.27. The van der Waals surface area contributed by atoms with Crippen LogP contribution in [-0.2, 0) is 9.59 Å². The monoisotopic (exact) mass is 384 g/mol. The zero-order chi connectivity index (χ0) is 19.9. The van der Waals surface area contributed by atoms with Crippen LogP contribution in [0.2, 0.25) is 0 Å². The number of carbonyl (C=O) groups excluding carboxylic acids is 3. The van der Waals surface area contributed by atoms with Crippen molar-refractivity contribution in [3.05, 3.63) is 30.3 Å². The highest BCUT2D eigenvalue weighted by Crippen LogP contribution is 2.22. The molecule has 3 rings (SSSR count). The number of carbonyl (C=O) groups is 3. The Morgan fingerprint density at radius 3 is 2.50 bits per heavy atom. The molecule has 0 aromatic heterocycles. The Kier molecular flexibility index (Phi) is 6.92. The highest BCUT2D eigenvalue weighted by atomic mass is 16.2. The first kappa shape index (κ1) is 20.2. The predicted octanol–water partition coefficient (Wildman–Crippen LogP) is 2.61. The van der Waals surface area contributed by atoms with Crippen molar-refractivity contribution < 1.29 is 14.4 Å². The zero-order valence-corrected chi connectivity index (χ0v) is 16.4. The molecule has 0 aliphatic carbocycles. The molecular weight excluding hydrogens is 356 g/mol. The number of barbiturate groups is 1. The van der Waals surface area contributed by atoms with Gasteiger partial charge < -0.3 is 4.90 Å². The lowest BCUT2D eigenvalue weighted by Gasteiger charge is -2.30. The molecule has 2 aliphatic heterocycles. The van der Waals surface area contributed by atoms with E-state index in [1.54, 1.807) is 30.3 Å². The summed E-state index contributed by atoms with van der Waals surface area (Å²) in [6.07, 6.45) is 5.20. The van der Waals surface area contributed by atoms with Gasteiger partial charge in [0.05, 0.1) is 5.69 Å². The predicted molar refractivity (Wildman–Crippen MR) is 108 cm³/mol. The second-order valence-electron chi connectivity index (χ2n) is 7.22. The smallest absolute Gasteiger partial charge is 0.303 e. The number of imide groups is 2. The summed E-state index contributed by atoms with van der Waals surface area (Å²) >= 11 is 0. The number of hydrogen-bond acceptors (Lipinski definition) is 5. The summed E-state index contributed by atoms with van der Waals surface area (Å²) in [6, 6.07) is 7.93. The number of para-hydroxylation sites is 1. The highest BCUT2D eigenvalue weighted by molar-refractivity contribution is 6.35. The summed E-state index contributed by atoms with van der Waals surface area (Å²) in [4.78, 5) is 45.7. The molecule has 1 N–H and O–H groups in total. The van der Waals surface area contributed by atoms with E-state index in [-0.39, 0.29) is 0 Å². The molecule has 7 heteroatoms. The van der Waals surface area contributed by atoms with Gasteiger partial charge in [-0.05, 0) is 57.5 Å². The van der Waals surface area contributed by atoms with Gasteiger partial charge in [-0.15, -0.1) is 0 Å². The summed E-state index contributed by atoms with van der Waals surface area (Å²) in [5.41, 5.74) is 0.984. The van der Waals surface area contributed by atoms with Gasteiger partial charge in [0.25, 0.3) is 5.91 Å². The van der Waals surface area contributed by atoms with E-state index in [4.69, 9.17) is 0 Å². The van der Waals surface area contributed by atoms with E-state index >= 15 is 0 Å². The number of anilines is 1. The first-order valence-electron chi connectivity index (χ1n) is 10.1. The van der Waals surface area contributed by atoms with Gasteiger partial charge in [0.2, 0.25) is 5.91 Å². The number of amides is 4. The lowest BCUT2D eigenvalue weighted by molar-refractivity contribution is -0.131. The van der Waals surface area contributed by atoms with Gasteiger partial charge in [-0.1, -0.05) is 31.5 Å². The second kappa shape index (κ2) is 9.59. The summed E-state index contributed by atoms with van der Waals surface area (Å²) < 4.78 is 0. The van der Waals surface area contributed by atoms with E-state index < -0.39 is 23.8 Å². The van der Waals surface area contributed by atoms with Crippen LogP contribution in [0.3, 0.4) is 0 Å². The largest absolute Gasteiger partial charge is 0.335 e. The first-order valence-corrected chi connectivity index (χ1v) is 10.1. The van der Waals surface area contributed by atoms with Gasteiger partial charge in [0.1, 0.15) is 0 Å². The Balaban J connectivity index is 1.68. The van der Waals surface area contributed by atoms with E-state index in [0.29, 0.717) is 24.4 Å². The number of benzene rings is 1. The van der Waals surface area contributed by atoms with Crippen LogP contribution in [-0.4, -0.2) is 54.6 Å². The van der Waals surface area contributed by atoms with Crippen LogP contribution in [0, 0.1) is 5.92 Å². The molecule has 2 saturated heterocycles. The number of piperidine rings is 1. The molecule has 1 atom stereocenters. The van der Waals surface area contributed by atoms with Crippen LogP contribution in [0.15, 0.2) is 35.3 Å². The highest BCUT2D eigenvalue weighted by Gasteiger charge is 2.43. The van der Waals surface area contributed by atoms with Gasteiger partial charge in [0, 0.05) is 12.3 Å². The number of likely N-dealkylation sites (tertiary alicyclic amines) is 1. The molecule has 1 aromatic rings. The average Bonchev–Trinajstić information content (AvgIpc) is 2.71. The molecule has 2 aliphatic rings. The third kappa shape index (κ3) is 4.65. The van der Waals surface area contributed by atoms with Crippen molar-refractivity contribution in [1.82, 2.24) is 10.2 Å². The van der Waals surface area contributed by atoms with Gasteiger partial charge in [-0.3, -0.25) is 19.9 Å². The van der Waals surface area contributed by atoms with Crippen LogP contribution < -0.4 is 10.2 Å². The van der Waals surface area contributed by atoms with E-state index in [1.807, 2.05) is 6.92 Å². The lowest BCUT2D eigenvalue weighted by Crippen LogP contribution is -2.60. The van der Waals surface area contributed by atoms with E-state index in [0.717, 1.165) is 31.0 Å². The Labute approximate surface area is 165 Å². The van der Waals surface area contributed by atoms with Gasteiger partial charge in [-0.25, -0.2) is 9.69 Å². The van der Waals surface area contributed by atoms with Crippen molar-refractivity contribution in [2.24, 2.45) is 10.9 Å². The maximum absolute atomic E-state index is 13.0. The minimum absolute atomic E-state index is 0.447. The minimum Gasteiger partial charge on any atom is -0.303 e. The minimum atomic E-state index is -1.04. The van der Waals surface area contributed by atoms with E-state index in [2.05, 4.69) is 15.2 Å². The van der Waals surface area contributed by atoms with Crippen molar-refractivity contribution in [2.75, 3.05) is 31.1 Å². The molecule has 1 aromatic carbocycles. The van der Waals surface area contributed by atoms with E-state index in [9.17, 15) is 14.4 Å².